The molecule has 1 aromatic carbocycles. The molecule has 1 aliphatic rings. The van der Waals surface area contributed by atoms with Gasteiger partial charge < -0.3 is 5.32 Å². The van der Waals surface area contributed by atoms with E-state index >= 15 is 0 Å². The zero-order chi connectivity index (χ0) is 16.7. The van der Waals surface area contributed by atoms with Crippen LogP contribution in [0.4, 0.5) is 0 Å². The zero-order valence-electron chi connectivity index (χ0n) is 12.8. The summed E-state index contributed by atoms with van der Waals surface area (Å²) in [6, 6.07) is 10.0. The highest BCUT2D eigenvalue weighted by Crippen LogP contribution is 2.33. The van der Waals surface area contributed by atoms with Crippen LogP contribution in [0.3, 0.4) is 0 Å². The topological polar surface area (TPSA) is 64.0 Å². The molecule has 0 amide bonds. The van der Waals surface area contributed by atoms with Crippen molar-refractivity contribution < 1.29 is 8.42 Å². The third-order valence-electron chi connectivity index (χ3n) is 4.43. The van der Waals surface area contributed by atoms with E-state index in [9.17, 15) is 8.42 Å². The van der Waals surface area contributed by atoms with Crippen LogP contribution in [0.25, 0.3) is 11.0 Å². The first kappa shape index (κ1) is 15.6. The molecule has 24 heavy (non-hydrogen) atoms. The summed E-state index contributed by atoms with van der Waals surface area (Å²) >= 11 is 6.13. The number of rotatable bonds is 3. The molecule has 124 valence electrons. The number of benzene rings is 1. The second-order valence-corrected chi connectivity index (χ2v) is 8.07. The second-order valence-electron chi connectivity index (χ2n) is 5.88. The SMILES string of the molecule is O=S(=O)(c1ccccc1Cl)n1cc([C@@H]2CCNC2)c2ncccc21. The van der Waals surface area contributed by atoms with Crippen LogP contribution in [0.1, 0.15) is 17.9 Å². The van der Waals surface area contributed by atoms with Gasteiger partial charge in [-0.15, -0.1) is 0 Å². The lowest BCUT2D eigenvalue weighted by atomic mass is 10.0. The molecule has 0 bridgehead atoms. The summed E-state index contributed by atoms with van der Waals surface area (Å²) in [5.74, 6) is 0.269. The van der Waals surface area contributed by atoms with Crippen LogP contribution >= 0.6 is 11.6 Å². The minimum atomic E-state index is -3.78. The quantitative estimate of drug-likeness (QED) is 0.778. The van der Waals surface area contributed by atoms with Gasteiger partial charge in [-0.25, -0.2) is 12.4 Å². The fraction of sp³-hybridized carbons (Fsp3) is 0.235. The maximum absolute atomic E-state index is 13.1. The van der Waals surface area contributed by atoms with Gasteiger partial charge in [-0.05, 0) is 37.2 Å². The third kappa shape index (κ3) is 2.42. The Morgan fingerprint density at radius 2 is 2.04 bits per heavy atom. The Kier molecular flexibility index (Phi) is 3.83. The second kappa shape index (κ2) is 5.88. The van der Waals surface area contributed by atoms with Crippen molar-refractivity contribution in [3.8, 4) is 0 Å². The van der Waals surface area contributed by atoms with Crippen LogP contribution in [0.2, 0.25) is 5.02 Å². The summed E-state index contributed by atoms with van der Waals surface area (Å²) in [4.78, 5) is 4.53. The Labute approximate surface area is 145 Å². The van der Waals surface area contributed by atoms with Crippen molar-refractivity contribution in [3.63, 3.8) is 0 Å². The van der Waals surface area contributed by atoms with Crippen molar-refractivity contribution in [1.82, 2.24) is 14.3 Å². The molecule has 2 aromatic heterocycles. The van der Waals surface area contributed by atoms with Gasteiger partial charge in [-0.3, -0.25) is 4.98 Å². The van der Waals surface area contributed by atoms with Crippen molar-refractivity contribution in [3.05, 3.63) is 59.4 Å². The summed E-state index contributed by atoms with van der Waals surface area (Å²) in [5.41, 5.74) is 2.28. The van der Waals surface area contributed by atoms with E-state index in [1.807, 2.05) is 0 Å². The van der Waals surface area contributed by atoms with Crippen LogP contribution < -0.4 is 5.32 Å². The number of pyridine rings is 1. The lowest BCUT2D eigenvalue weighted by molar-refractivity contribution is 0.589. The molecule has 0 spiro atoms. The summed E-state index contributed by atoms with van der Waals surface area (Å²) in [5, 5.41) is 3.53. The predicted octanol–water partition coefficient (Wildman–Crippen LogP) is 3.00. The Morgan fingerprint density at radius 3 is 2.79 bits per heavy atom. The van der Waals surface area contributed by atoms with Gasteiger partial charge in [0.15, 0.2) is 0 Å². The number of halogens is 1. The summed E-state index contributed by atoms with van der Waals surface area (Å²) in [6.45, 7) is 1.77. The van der Waals surface area contributed by atoms with Crippen molar-refractivity contribution in [2.75, 3.05) is 13.1 Å². The molecule has 1 saturated heterocycles. The van der Waals surface area contributed by atoms with Gasteiger partial charge in [0.05, 0.1) is 16.1 Å². The minimum Gasteiger partial charge on any atom is -0.316 e. The summed E-state index contributed by atoms with van der Waals surface area (Å²) in [7, 11) is -3.78. The molecule has 4 rings (SSSR count). The van der Waals surface area contributed by atoms with Gasteiger partial charge in [0.1, 0.15) is 4.90 Å². The molecule has 1 atom stereocenters. The van der Waals surface area contributed by atoms with Crippen LogP contribution in [0, 0.1) is 0 Å². The molecule has 3 heterocycles. The maximum Gasteiger partial charge on any atom is 0.269 e. The zero-order valence-corrected chi connectivity index (χ0v) is 14.4. The van der Waals surface area contributed by atoms with E-state index in [0.29, 0.717) is 5.52 Å². The summed E-state index contributed by atoms with van der Waals surface area (Å²) in [6.07, 6.45) is 4.37. The van der Waals surface area contributed by atoms with E-state index in [-0.39, 0.29) is 15.8 Å². The molecule has 0 unspecified atom stereocenters. The highest BCUT2D eigenvalue weighted by molar-refractivity contribution is 7.90. The molecule has 1 N–H and O–H groups in total. The van der Waals surface area contributed by atoms with Crippen molar-refractivity contribution in [2.45, 2.75) is 17.2 Å². The first-order valence-electron chi connectivity index (χ1n) is 7.76. The highest BCUT2D eigenvalue weighted by Gasteiger charge is 2.27. The number of nitrogens with zero attached hydrogens (tertiary/aromatic N) is 2. The van der Waals surface area contributed by atoms with Crippen LogP contribution in [0.15, 0.2) is 53.7 Å². The fourth-order valence-electron chi connectivity index (χ4n) is 3.23. The van der Waals surface area contributed by atoms with Gasteiger partial charge in [-0.1, -0.05) is 23.7 Å². The molecular formula is C17H16ClN3O2S. The Balaban J connectivity index is 1.96. The molecule has 0 radical (unpaired) electrons. The van der Waals surface area contributed by atoms with E-state index in [2.05, 4.69) is 10.3 Å². The summed E-state index contributed by atoms with van der Waals surface area (Å²) < 4.78 is 27.6. The third-order valence-corrected chi connectivity index (χ3v) is 6.60. The fourth-order valence-corrected chi connectivity index (χ4v) is 5.10. The molecule has 3 aromatic rings. The maximum atomic E-state index is 13.1. The van der Waals surface area contributed by atoms with Gasteiger partial charge >= 0.3 is 0 Å². The van der Waals surface area contributed by atoms with E-state index in [1.54, 1.807) is 42.7 Å². The lowest BCUT2D eigenvalue weighted by Crippen LogP contribution is -2.12. The normalized spacial score (nSPS) is 18.3. The molecular weight excluding hydrogens is 346 g/mol. The van der Waals surface area contributed by atoms with E-state index in [0.717, 1.165) is 30.6 Å². The number of hydrogen-bond acceptors (Lipinski definition) is 4. The van der Waals surface area contributed by atoms with Crippen LogP contribution in [0.5, 0.6) is 0 Å². The number of nitrogens with one attached hydrogen (secondary N) is 1. The molecule has 1 aliphatic heterocycles. The lowest BCUT2D eigenvalue weighted by Gasteiger charge is -2.09. The number of aromatic nitrogens is 2. The van der Waals surface area contributed by atoms with Gasteiger partial charge in [-0.2, -0.15) is 0 Å². The van der Waals surface area contributed by atoms with E-state index < -0.39 is 10.0 Å². The number of fused-ring (bicyclic) bond motifs is 1. The largest absolute Gasteiger partial charge is 0.316 e. The molecule has 5 nitrogen and oxygen atoms in total. The Hall–Kier alpha value is -1.89. The Bertz CT molecular complexity index is 1010. The smallest absolute Gasteiger partial charge is 0.269 e. The molecule has 0 aliphatic carbocycles. The van der Waals surface area contributed by atoms with Crippen molar-refractivity contribution in [1.29, 1.82) is 0 Å². The van der Waals surface area contributed by atoms with Crippen LogP contribution in [-0.4, -0.2) is 30.5 Å². The average Bonchev–Trinajstić information content (AvgIpc) is 3.22. The highest BCUT2D eigenvalue weighted by atomic mass is 35.5. The first-order chi connectivity index (χ1) is 11.6. The minimum absolute atomic E-state index is 0.100. The van der Waals surface area contributed by atoms with E-state index in [1.165, 1.54) is 10.0 Å². The van der Waals surface area contributed by atoms with Gasteiger partial charge in [0.2, 0.25) is 0 Å². The van der Waals surface area contributed by atoms with Crippen molar-refractivity contribution in [2.24, 2.45) is 0 Å². The first-order valence-corrected chi connectivity index (χ1v) is 9.57. The van der Waals surface area contributed by atoms with Crippen molar-refractivity contribution >= 4 is 32.7 Å². The monoisotopic (exact) mass is 361 g/mol. The number of hydrogen-bond donors (Lipinski definition) is 1. The molecule has 1 fully saturated rings. The average molecular weight is 362 g/mol. The van der Waals surface area contributed by atoms with E-state index in [4.69, 9.17) is 11.6 Å². The van der Waals surface area contributed by atoms with Gasteiger partial charge in [0, 0.05) is 30.4 Å². The Morgan fingerprint density at radius 1 is 1.21 bits per heavy atom. The van der Waals surface area contributed by atoms with Gasteiger partial charge in [0.25, 0.3) is 10.0 Å². The molecule has 7 heteroatoms. The molecule has 0 saturated carbocycles. The standard InChI is InChI=1S/C17H16ClN3O2S/c18-14-4-1-2-6-16(14)24(22,23)21-11-13(12-7-9-19-10-12)17-15(21)5-3-8-20-17/h1-6,8,11-12,19H,7,9-10H2/t12-/m1/s1. The predicted molar refractivity (Wildman–Crippen MR) is 94.0 cm³/mol. The van der Waals surface area contributed by atoms with Crippen LogP contribution in [-0.2, 0) is 10.0 Å².